The van der Waals surface area contributed by atoms with Gasteiger partial charge in [-0.2, -0.15) is 0 Å². The van der Waals surface area contributed by atoms with Crippen molar-refractivity contribution in [3.63, 3.8) is 0 Å². The van der Waals surface area contributed by atoms with Gasteiger partial charge in [-0.3, -0.25) is 9.59 Å². The molecule has 144 valence electrons. The minimum atomic E-state index is -0.398. The van der Waals surface area contributed by atoms with E-state index in [1.807, 2.05) is 34.6 Å². The van der Waals surface area contributed by atoms with E-state index in [4.69, 9.17) is 9.47 Å². The van der Waals surface area contributed by atoms with Gasteiger partial charge in [-0.1, -0.05) is 20.1 Å². The van der Waals surface area contributed by atoms with Gasteiger partial charge in [-0.05, 0) is 52.2 Å². The molecule has 0 spiro atoms. The topological polar surface area (TPSA) is 76.7 Å². The molecule has 0 aromatic rings. The summed E-state index contributed by atoms with van der Waals surface area (Å²) < 4.78 is 11.5. The van der Waals surface area contributed by atoms with E-state index in [0.29, 0.717) is 32.8 Å². The lowest BCUT2D eigenvalue weighted by Crippen LogP contribution is -2.48. The lowest BCUT2D eigenvalue weighted by molar-refractivity contribution is -0.119. The maximum atomic E-state index is 11.5. The van der Waals surface area contributed by atoms with Gasteiger partial charge < -0.3 is 20.1 Å². The van der Waals surface area contributed by atoms with Crippen molar-refractivity contribution >= 4 is 11.8 Å². The van der Waals surface area contributed by atoms with Crippen molar-refractivity contribution in [2.75, 3.05) is 26.4 Å². The fourth-order valence-electron chi connectivity index (χ4n) is 2.61. The number of carbonyl (C=O) groups excluding carboxylic acids is 2. The molecule has 0 aliphatic heterocycles. The van der Waals surface area contributed by atoms with Crippen molar-refractivity contribution in [2.24, 2.45) is 5.92 Å². The Hall–Kier alpha value is -1.66. The smallest absolute Gasteiger partial charge is 0.243 e. The fourth-order valence-corrected chi connectivity index (χ4v) is 2.61. The molecule has 0 fully saturated rings. The number of ether oxygens (including phenoxy) is 2. The van der Waals surface area contributed by atoms with Gasteiger partial charge in [0.2, 0.25) is 11.8 Å². The van der Waals surface area contributed by atoms with E-state index in [1.165, 1.54) is 12.2 Å². The van der Waals surface area contributed by atoms with Crippen LogP contribution in [0, 0.1) is 5.92 Å². The first-order valence-corrected chi connectivity index (χ1v) is 8.58. The summed E-state index contributed by atoms with van der Waals surface area (Å²) in [7, 11) is 0. The second kappa shape index (κ2) is 11.1. The Labute approximate surface area is 152 Å². The number of rotatable bonds is 13. The van der Waals surface area contributed by atoms with Crippen LogP contribution >= 0.6 is 0 Å². The zero-order chi connectivity index (χ0) is 19.5. The van der Waals surface area contributed by atoms with Crippen molar-refractivity contribution in [3.05, 3.63) is 25.3 Å². The molecule has 0 rings (SSSR count). The summed E-state index contributed by atoms with van der Waals surface area (Å²) in [6, 6.07) is 0. The summed E-state index contributed by atoms with van der Waals surface area (Å²) in [6.07, 6.45) is 3.17. The first kappa shape index (κ1) is 23.3. The van der Waals surface area contributed by atoms with E-state index >= 15 is 0 Å². The average Bonchev–Trinajstić information content (AvgIpc) is 2.50. The Morgan fingerprint density at radius 1 is 1.08 bits per heavy atom. The Morgan fingerprint density at radius 3 is 2.24 bits per heavy atom. The van der Waals surface area contributed by atoms with Gasteiger partial charge in [-0.15, -0.1) is 0 Å². The predicted octanol–water partition coefficient (Wildman–Crippen LogP) is 2.21. The van der Waals surface area contributed by atoms with Crippen LogP contribution in [0.5, 0.6) is 0 Å². The molecule has 0 aromatic carbocycles. The SMILES string of the molecule is C=CC(=O)NCC(C)COCCOC(C)(C)CC(C)(C)NC(=O)C=C. The average molecular weight is 354 g/mol. The maximum Gasteiger partial charge on any atom is 0.243 e. The van der Waals surface area contributed by atoms with E-state index in [9.17, 15) is 9.59 Å². The maximum absolute atomic E-state index is 11.5. The summed E-state index contributed by atoms with van der Waals surface area (Å²) in [6.45, 7) is 18.8. The summed E-state index contributed by atoms with van der Waals surface area (Å²) in [4.78, 5) is 22.6. The molecule has 0 aliphatic rings. The van der Waals surface area contributed by atoms with Gasteiger partial charge in [0.05, 0.1) is 25.4 Å². The van der Waals surface area contributed by atoms with Crippen molar-refractivity contribution < 1.29 is 19.1 Å². The van der Waals surface area contributed by atoms with Crippen LogP contribution in [0.25, 0.3) is 0 Å². The van der Waals surface area contributed by atoms with Crippen LogP contribution in [0.4, 0.5) is 0 Å². The van der Waals surface area contributed by atoms with Gasteiger partial charge in [-0.25, -0.2) is 0 Å². The van der Waals surface area contributed by atoms with E-state index in [2.05, 4.69) is 23.8 Å². The first-order valence-electron chi connectivity index (χ1n) is 8.58. The molecule has 0 radical (unpaired) electrons. The molecule has 0 aromatic heterocycles. The third-order valence-corrected chi connectivity index (χ3v) is 3.45. The third kappa shape index (κ3) is 12.4. The molecule has 6 nitrogen and oxygen atoms in total. The first-order chi connectivity index (χ1) is 11.5. The Bertz CT molecular complexity index is 458. The number of nitrogens with one attached hydrogen (secondary N) is 2. The van der Waals surface area contributed by atoms with Crippen LogP contribution in [-0.4, -0.2) is 49.3 Å². The second-order valence-electron chi connectivity index (χ2n) is 7.49. The fraction of sp³-hybridized carbons (Fsp3) is 0.684. The molecule has 1 unspecified atom stereocenters. The normalized spacial score (nSPS) is 13.0. The van der Waals surface area contributed by atoms with Gasteiger partial charge in [0.15, 0.2) is 0 Å². The summed E-state index contributed by atoms with van der Waals surface area (Å²) in [5.41, 5.74) is -0.793. The molecule has 0 saturated heterocycles. The van der Waals surface area contributed by atoms with Crippen LogP contribution in [0.15, 0.2) is 25.3 Å². The molecule has 25 heavy (non-hydrogen) atoms. The minimum absolute atomic E-state index is 0.178. The second-order valence-corrected chi connectivity index (χ2v) is 7.49. The zero-order valence-electron chi connectivity index (χ0n) is 16.3. The minimum Gasteiger partial charge on any atom is -0.379 e. The number of hydrogen-bond acceptors (Lipinski definition) is 4. The molecule has 1 atom stereocenters. The molecule has 0 saturated carbocycles. The van der Waals surface area contributed by atoms with Gasteiger partial charge in [0.1, 0.15) is 0 Å². The van der Waals surface area contributed by atoms with Crippen molar-refractivity contribution in [1.82, 2.24) is 10.6 Å². The molecule has 6 heteroatoms. The van der Waals surface area contributed by atoms with E-state index in [-0.39, 0.29) is 17.7 Å². The largest absolute Gasteiger partial charge is 0.379 e. The van der Waals surface area contributed by atoms with Gasteiger partial charge in [0, 0.05) is 12.1 Å². The number of amides is 2. The van der Waals surface area contributed by atoms with Crippen molar-refractivity contribution in [1.29, 1.82) is 0 Å². The number of carbonyl (C=O) groups is 2. The van der Waals surface area contributed by atoms with Crippen LogP contribution < -0.4 is 10.6 Å². The standard InChI is InChI=1S/C19H34N2O4/c1-8-16(22)20-12-15(3)13-24-10-11-25-19(6,7)14-18(4,5)21-17(23)9-2/h8-9,15H,1-2,10-14H2,3-7H3,(H,20,22)(H,21,23). The molecular weight excluding hydrogens is 320 g/mol. The Morgan fingerprint density at radius 2 is 1.68 bits per heavy atom. The quantitative estimate of drug-likeness (QED) is 0.393. The molecule has 2 N–H and O–H groups in total. The summed E-state index contributed by atoms with van der Waals surface area (Å²) in [5.74, 6) is -0.158. The summed E-state index contributed by atoms with van der Waals surface area (Å²) >= 11 is 0. The van der Waals surface area contributed by atoms with Gasteiger partial charge >= 0.3 is 0 Å². The monoisotopic (exact) mass is 354 g/mol. The zero-order valence-corrected chi connectivity index (χ0v) is 16.3. The van der Waals surface area contributed by atoms with E-state index in [1.54, 1.807) is 0 Å². The van der Waals surface area contributed by atoms with Crippen LogP contribution in [0.3, 0.4) is 0 Å². The van der Waals surface area contributed by atoms with Crippen LogP contribution in [0.2, 0.25) is 0 Å². The lowest BCUT2D eigenvalue weighted by atomic mass is 9.89. The summed E-state index contributed by atoms with van der Waals surface area (Å²) in [5, 5.41) is 5.63. The highest BCUT2D eigenvalue weighted by Gasteiger charge is 2.30. The molecule has 2 amide bonds. The predicted molar refractivity (Wildman–Crippen MR) is 100 cm³/mol. The molecule has 0 heterocycles. The van der Waals surface area contributed by atoms with Crippen molar-refractivity contribution in [2.45, 2.75) is 52.2 Å². The van der Waals surface area contributed by atoms with Crippen molar-refractivity contribution in [3.8, 4) is 0 Å². The lowest BCUT2D eigenvalue weighted by Gasteiger charge is -2.35. The highest BCUT2D eigenvalue weighted by Crippen LogP contribution is 2.23. The Kier molecular flexibility index (Phi) is 10.3. The van der Waals surface area contributed by atoms with Crippen LogP contribution in [0.1, 0.15) is 41.0 Å². The Balaban J connectivity index is 4.02. The number of hydrogen-bond donors (Lipinski definition) is 2. The van der Waals surface area contributed by atoms with Crippen LogP contribution in [-0.2, 0) is 19.1 Å². The molecular formula is C19H34N2O4. The van der Waals surface area contributed by atoms with E-state index in [0.717, 1.165) is 0 Å². The molecule has 0 bridgehead atoms. The third-order valence-electron chi connectivity index (χ3n) is 3.45. The van der Waals surface area contributed by atoms with Gasteiger partial charge in [0.25, 0.3) is 0 Å². The van der Waals surface area contributed by atoms with E-state index < -0.39 is 11.1 Å². The molecule has 0 aliphatic carbocycles. The highest BCUT2D eigenvalue weighted by molar-refractivity contribution is 5.87. The highest BCUT2D eigenvalue weighted by atomic mass is 16.5.